The minimum Gasteiger partial charge on any atom is -0.487 e. The Morgan fingerprint density at radius 1 is 1.32 bits per heavy atom. The summed E-state index contributed by atoms with van der Waals surface area (Å²) in [6.45, 7) is 4.50. The largest absolute Gasteiger partial charge is 0.487 e. The number of aromatic nitrogens is 2. The van der Waals surface area contributed by atoms with Crippen LogP contribution in [0.25, 0.3) is 16.6 Å². The van der Waals surface area contributed by atoms with Crippen LogP contribution < -0.4 is 20.7 Å². The molecule has 9 nitrogen and oxygen atoms in total. The van der Waals surface area contributed by atoms with Crippen LogP contribution in [0.2, 0.25) is 0 Å². The van der Waals surface area contributed by atoms with Crippen molar-refractivity contribution in [2.75, 3.05) is 29.1 Å². The van der Waals surface area contributed by atoms with E-state index in [1.54, 1.807) is 12.5 Å². The van der Waals surface area contributed by atoms with Gasteiger partial charge < -0.3 is 35.5 Å². The number of aliphatic carboxylic acids is 1. The number of carbonyl (C=O) groups is 1. The van der Waals surface area contributed by atoms with Crippen LogP contribution in [0.3, 0.4) is 0 Å². The van der Waals surface area contributed by atoms with Crippen molar-refractivity contribution < 1.29 is 24.1 Å². The van der Waals surface area contributed by atoms with E-state index >= 15 is 4.39 Å². The van der Waals surface area contributed by atoms with E-state index in [4.69, 9.17) is 10.5 Å². The standard InChI is InChI=1S/C27H28FN5O4/c1-15-17(26(35)36)12-33-24-20(15)22(29)21(28)23(25(24)37-13-27(33)8-4-5-9-27)30-10-16(34)11-32-14-31-18-6-2-3-7-19(18)32/h2-3,6-7,12,14,16,30,34H,1,4-5,8-11,13,29H2,(H,35,36). The quantitative estimate of drug-likeness (QED) is 0.374. The van der Waals surface area contributed by atoms with Gasteiger partial charge in [-0.05, 0) is 30.5 Å². The first-order chi connectivity index (χ1) is 17.8. The first-order valence-corrected chi connectivity index (χ1v) is 12.3. The molecule has 1 aromatic heterocycles. The van der Waals surface area contributed by atoms with Gasteiger partial charge in [0, 0.05) is 18.3 Å². The number of benzene rings is 2. The van der Waals surface area contributed by atoms with Crippen molar-refractivity contribution in [2.45, 2.75) is 43.9 Å². The third-order valence-corrected chi connectivity index (χ3v) is 7.74. The maximum atomic E-state index is 15.7. The molecule has 3 aromatic rings. The lowest BCUT2D eigenvalue weighted by Gasteiger charge is -2.48. The van der Waals surface area contributed by atoms with E-state index < -0.39 is 23.4 Å². The van der Waals surface area contributed by atoms with Gasteiger partial charge in [-0.1, -0.05) is 31.6 Å². The number of fused-ring (bicyclic) bond motifs is 2. The third-order valence-electron chi connectivity index (χ3n) is 7.74. The zero-order chi connectivity index (χ0) is 25.9. The molecule has 0 bridgehead atoms. The summed E-state index contributed by atoms with van der Waals surface area (Å²) in [7, 11) is 0. The summed E-state index contributed by atoms with van der Waals surface area (Å²) in [6, 6.07) is 7.61. The van der Waals surface area contributed by atoms with Crippen molar-refractivity contribution in [3.05, 3.63) is 60.3 Å². The lowest BCUT2D eigenvalue weighted by Crippen LogP contribution is -2.53. The highest BCUT2D eigenvalue weighted by Gasteiger charge is 2.49. The summed E-state index contributed by atoms with van der Waals surface area (Å²) in [6.07, 6.45) is 5.99. The lowest BCUT2D eigenvalue weighted by molar-refractivity contribution is -0.132. The number of nitrogens with zero attached hydrogens (tertiary/aromatic N) is 3. The number of halogens is 1. The van der Waals surface area contributed by atoms with Gasteiger partial charge >= 0.3 is 5.97 Å². The van der Waals surface area contributed by atoms with Gasteiger partial charge in [0.1, 0.15) is 12.3 Å². The monoisotopic (exact) mass is 505 g/mol. The number of anilines is 3. The molecule has 1 saturated carbocycles. The van der Waals surface area contributed by atoms with Gasteiger partial charge in [0.2, 0.25) is 0 Å². The van der Waals surface area contributed by atoms with Crippen molar-refractivity contribution in [1.29, 1.82) is 0 Å². The Hall–Kier alpha value is -4.05. The summed E-state index contributed by atoms with van der Waals surface area (Å²) in [4.78, 5) is 18.3. The fraction of sp³-hybridized carbons (Fsp3) is 0.333. The molecule has 1 aliphatic carbocycles. The Balaban J connectivity index is 1.35. The molecule has 6 rings (SSSR count). The van der Waals surface area contributed by atoms with Crippen LogP contribution in [-0.2, 0) is 11.3 Å². The molecule has 3 heterocycles. The van der Waals surface area contributed by atoms with Crippen LogP contribution in [0.5, 0.6) is 5.75 Å². The van der Waals surface area contributed by atoms with Crippen LogP contribution in [0.4, 0.5) is 21.5 Å². The fourth-order valence-corrected chi connectivity index (χ4v) is 5.86. The number of carboxylic acid groups (broad SMARTS) is 1. The summed E-state index contributed by atoms with van der Waals surface area (Å²) >= 11 is 0. The smallest absolute Gasteiger partial charge is 0.337 e. The van der Waals surface area contributed by atoms with E-state index in [9.17, 15) is 15.0 Å². The Morgan fingerprint density at radius 3 is 2.84 bits per heavy atom. The van der Waals surface area contributed by atoms with Gasteiger partial charge in [0.05, 0.1) is 52.5 Å². The first-order valence-electron chi connectivity index (χ1n) is 12.3. The number of carboxylic acids is 1. The van der Waals surface area contributed by atoms with E-state index in [0.717, 1.165) is 36.7 Å². The van der Waals surface area contributed by atoms with Gasteiger partial charge in [-0.3, -0.25) is 0 Å². The van der Waals surface area contributed by atoms with Crippen LogP contribution in [0.1, 0.15) is 31.2 Å². The van der Waals surface area contributed by atoms with Crippen LogP contribution >= 0.6 is 0 Å². The van der Waals surface area contributed by atoms with Crippen LogP contribution in [0, 0.1) is 5.82 Å². The molecule has 5 N–H and O–H groups in total. The molecular formula is C27H28FN5O4. The number of hydrogen-bond acceptors (Lipinski definition) is 7. The number of ether oxygens (including phenoxy) is 1. The Kier molecular flexibility index (Phi) is 5.38. The lowest BCUT2D eigenvalue weighted by atomic mass is 9.85. The Bertz CT molecular complexity index is 1470. The van der Waals surface area contributed by atoms with Gasteiger partial charge in [-0.15, -0.1) is 0 Å². The minimum atomic E-state index is -1.14. The molecule has 192 valence electrons. The number of nitrogens with one attached hydrogen (secondary N) is 1. The van der Waals surface area contributed by atoms with E-state index in [1.807, 2.05) is 33.7 Å². The minimum absolute atomic E-state index is 0.0126. The Morgan fingerprint density at radius 2 is 2.08 bits per heavy atom. The molecule has 1 unspecified atom stereocenters. The summed E-state index contributed by atoms with van der Waals surface area (Å²) < 4.78 is 23.7. The van der Waals surface area contributed by atoms with Crippen molar-refractivity contribution in [1.82, 2.24) is 9.55 Å². The van der Waals surface area contributed by atoms with Gasteiger partial charge in [0.15, 0.2) is 11.6 Å². The van der Waals surface area contributed by atoms with Gasteiger partial charge in [-0.25, -0.2) is 14.2 Å². The van der Waals surface area contributed by atoms with E-state index in [1.165, 1.54) is 0 Å². The van der Waals surface area contributed by atoms with Crippen molar-refractivity contribution in [2.24, 2.45) is 0 Å². The van der Waals surface area contributed by atoms with Crippen LogP contribution in [-0.4, -0.2) is 50.5 Å². The summed E-state index contributed by atoms with van der Waals surface area (Å²) in [5, 5.41) is 23.6. The van der Waals surface area contributed by atoms with E-state index in [2.05, 4.69) is 16.9 Å². The molecule has 37 heavy (non-hydrogen) atoms. The predicted octanol–water partition coefficient (Wildman–Crippen LogP) is 3.74. The van der Waals surface area contributed by atoms with Gasteiger partial charge in [0.25, 0.3) is 0 Å². The average Bonchev–Trinajstić information content (AvgIpc) is 3.52. The number of aliphatic hydroxyl groups is 1. The number of rotatable bonds is 6. The zero-order valence-corrected chi connectivity index (χ0v) is 20.2. The van der Waals surface area contributed by atoms with E-state index in [0.29, 0.717) is 5.69 Å². The second-order valence-electron chi connectivity index (χ2n) is 9.99. The number of aliphatic hydroxyl groups excluding tert-OH is 1. The second kappa shape index (κ2) is 8.52. The molecule has 0 saturated heterocycles. The predicted molar refractivity (Wildman–Crippen MR) is 139 cm³/mol. The molecule has 0 radical (unpaired) electrons. The average molecular weight is 506 g/mol. The van der Waals surface area contributed by atoms with Crippen molar-refractivity contribution in [3.63, 3.8) is 0 Å². The third kappa shape index (κ3) is 3.54. The second-order valence-corrected chi connectivity index (χ2v) is 9.99. The normalized spacial score (nSPS) is 18.5. The fourth-order valence-electron chi connectivity index (χ4n) is 5.86. The van der Waals surface area contributed by atoms with Crippen molar-refractivity contribution >= 4 is 39.6 Å². The first kappa shape index (κ1) is 23.4. The highest BCUT2D eigenvalue weighted by molar-refractivity contribution is 6.12. The number of nitrogen functional groups attached to an aromatic ring is 1. The molecule has 3 aliphatic rings. The molecule has 1 fully saturated rings. The highest BCUT2D eigenvalue weighted by atomic mass is 19.1. The maximum absolute atomic E-state index is 15.7. The van der Waals surface area contributed by atoms with Crippen molar-refractivity contribution in [3.8, 4) is 5.75 Å². The molecular weight excluding hydrogens is 477 g/mol. The summed E-state index contributed by atoms with van der Waals surface area (Å²) in [5.74, 6) is -1.65. The number of hydrogen-bond donors (Lipinski definition) is 4. The van der Waals surface area contributed by atoms with E-state index in [-0.39, 0.29) is 53.5 Å². The number of imidazole rings is 1. The molecule has 10 heteroatoms. The summed E-state index contributed by atoms with van der Waals surface area (Å²) in [5.41, 5.74) is 8.32. The Labute approximate surface area is 212 Å². The molecule has 2 aromatic carbocycles. The molecule has 1 atom stereocenters. The molecule has 2 aliphatic heterocycles. The SMILES string of the molecule is C=C1C(C(=O)O)=CN2c3c(c(NCC(O)Cn4cnc5ccccc54)c(F)c(N)c31)OCC21CCCC1. The molecule has 1 spiro atoms. The highest BCUT2D eigenvalue weighted by Crippen LogP contribution is 2.57. The maximum Gasteiger partial charge on any atom is 0.337 e. The van der Waals surface area contributed by atoms with Gasteiger partial charge in [-0.2, -0.15) is 0 Å². The topological polar surface area (TPSA) is 126 Å². The van der Waals surface area contributed by atoms with Crippen LogP contribution in [0.15, 0.2) is 48.9 Å². The number of para-hydroxylation sites is 2. The number of nitrogens with two attached hydrogens (primary N) is 1. The zero-order valence-electron chi connectivity index (χ0n) is 20.2. The molecule has 0 amide bonds.